The molecule has 2 heterocycles. The molecule has 2 aliphatic heterocycles. The number of methoxy groups -OCH3 is 2. The van der Waals surface area contributed by atoms with Crippen LogP contribution in [0.15, 0.2) is 70.5 Å². The van der Waals surface area contributed by atoms with E-state index in [1.54, 1.807) is 30.3 Å². The highest BCUT2D eigenvalue weighted by atomic mass is 32.2. The second-order valence-corrected chi connectivity index (χ2v) is 9.41. The fraction of sp³-hybridized carbons (Fsp3) is 0.231. The first-order chi connectivity index (χ1) is 17.3. The van der Waals surface area contributed by atoms with Crippen molar-refractivity contribution in [1.82, 2.24) is 4.90 Å². The zero-order chi connectivity index (χ0) is 26.0. The molecule has 184 valence electrons. The molecule has 2 unspecified atom stereocenters. The van der Waals surface area contributed by atoms with Crippen LogP contribution in [-0.4, -0.2) is 42.2 Å². The molecule has 9 nitrogen and oxygen atoms in total. The lowest BCUT2D eigenvalue weighted by molar-refractivity contribution is -0.142. The summed E-state index contributed by atoms with van der Waals surface area (Å²) >= 11 is 1.06. The molecule has 1 saturated heterocycles. The molecule has 1 fully saturated rings. The molecule has 3 N–H and O–H groups in total. The number of carbonyl (C=O) groups is 3. The maximum absolute atomic E-state index is 13.8. The van der Waals surface area contributed by atoms with Gasteiger partial charge in [-0.05, 0) is 42.3 Å². The summed E-state index contributed by atoms with van der Waals surface area (Å²) in [7, 11) is 2.75. The van der Waals surface area contributed by atoms with E-state index in [0.29, 0.717) is 17.0 Å². The quantitative estimate of drug-likeness (QED) is 0.573. The number of allylic oxidation sites excluding steroid dienone is 1. The number of fused-ring (bicyclic) bond motifs is 1. The van der Waals surface area contributed by atoms with Crippen molar-refractivity contribution in [3.8, 4) is 11.8 Å². The van der Waals surface area contributed by atoms with Gasteiger partial charge in [-0.3, -0.25) is 19.3 Å². The van der Waals surface area contributed by atoms with E-state index in [0.717, 1.165) is 17.3 Å². The van der Waals surface area contributed by atoms with Crippen LogP contribution in [0.2, 0.25) is 0 Å². The number of carbonyl (C=O) groups excluding carboxylic acids is 3. The number of esters is 1. The highest BCUT2D eigenvalue weighted by molar-refractivity contribution is 8.04. The summed E-state index contributed by atoms with van der Waals surface area (Å²) in [5.74, 6) is -1.95. The van der Waals surface area contributed by atoms with Gasteiger partial charge in [0.15, 0.2) is 0 Å². The number of hydrogen-bond acceptors (Lipinski definition) is 8. The van der Waals surface area contributed by atoms with Gasteiger partial charge in [0, 0.05) is 5.69 Å². The van der Waals surface area contributed by atoms with Crippen LogP contribution in [0.5, 0.6) is 5.75 Å². The normalized spacial score (nSPS) is 19.1. The van der Waals surface area contributed by atoms with Crippen molar-refractivity contribution in [3.63, 3.8) is 0 Å². The lowest BCUT2D eigenvalue weighted by Gasteiger charge is -2.32. The number of nitriles is 1. The van der Waals surface area contributed by atoms with Crippen molar-refractivity contribution in [2.24, 2.45) is 5.73 Å². The maximum Gasteiger partial charge on any atom is 0.307 e. The minimum Gasteiger partial charge on any atom is -0.497 e. The van der Waals surface area contributed by atoms with Gasteiger partial charge in [-0.15, -0.1) is 0 Å². The molecule has 0 spiro atoms. The van der Waals surface area contributed by atoms with E-state index in [1.165, 1.54) is 19.1 Å². The third kappa shape index (κ3) is 4.53. The fourth-order valence-electron chi connectivity index (χ4n) is 4.22. The van der Waals surface area contributed by atoms with Gasteiger partial charge in [0.25, 0.3) is 5.91 Å². The number of benzene rings is 2. The predicted molar refractivity (Wildman–Crippen MR) is 134 cm³/mol. The average molecular weight is 505 g/mol. The lowest BCUT2D eigenvalue weighted by atomic mass is 9.82. The summed E-state index contributed by atoms with van der Waals surface area (Å²) in [4.78, 5) is 40.2. The smallest absolute Gasteiger partial charge is 0.307 e. The Kier molecular flexibility index (Phi) is 7.03. The minimum absolute atomic E-state index is 0.0501. The number of hydrogen-bond donors (Lipinski definition) is 2. The second kappa shape index (κ2) is 10.2. The second-order valence-electron chi connectivity index (χ2n) is 8.22. The number of thioether (sulfide) groups is 1. The van der Waals surface area contributed by atoms with Crippen LogP contribution in [-0.2, 0) is 19.1 Å². The molecule has 0 aliphatic carbocycles. The molecule has 0 radical (unpaired) electrons. The molecule has 2 atom stereocenters. The number of nitrogens with two attached hydrogens (primary N) is 1. The molecule has 2 amide bonds. The Labute approximate surface area is 212 Å². The SMILES string of the molecule is COC(=O)CC1SC2=C(C(=O)Nc3cccc(C)c3)C(c3cccc(OC)c3)C(C#N)=C(N)N2C1=O. The van der Waals surface area contributed by atoms with E-state index in [1.807, 2.05) is 25.1 Å². The molecule has 2 aromatic rings. The van der Waals surface area contributed by atoms with E-state index < -0.39 is 29.0 Å². The molecule has 2 aromatic carbocycles. The molecule has 0 aromatic heterocycles. The van der Waals surface area contributed by atoms with Crippen LogP contribution in [0.3, 0.4) is 0 Å². The molecule has 36 heavy (non-hydrogen) atoms. The highest BCUT2D eigenvalue weighted by Gasteiger charge is 2.48. The number of nitrogens with one attached hydrogen (secondary N) is 1. The number of nitrogens with zero attached hydrogens (tertiary/aromatic N) is 2. The zero-order valence-corrected chi connectivity index (χ0v) is 20.7. The Morgan fingerprint density at radius 3 is 2.61 bits per heavy atom. The maximum atomic E-state index is 13.8. The summed E-state index contributed by atoms with van der Waals surface area (Å²) in [6, 6.07) is 16.4. The van der Waals surface area contributed by atoms with Gasteiger partial charge < -0.3 is 20.5 Å². The number of anilines is 1. The summed E-state index contributed by atoms with van der Waals surface area (Å²) in [5.41, 5.74) is 8.70. The first kappa shape index (κ1) is 24.9. The summed E-state index contributed by atoms with van der Waals surface area (Å²) in [5, 5.41) is 12.4. The van der Waals surface area contributed by atoms with Crippen LogP contribution < -0.4 is 15.8 Å². The van der Waals surface area contributed by atoms with Gasteiger partial charge in [0.1, 0.15) is 16.8 Å². The summed E-state index contributed by atoms with van der Waals surface area (Å²) in [6.45, 7) is 1.90. The molecular weight excluding hydrogens is 480 g/mol. The van der Waals surface area contributed by atoms with Crippen molar-refractivity contribution < 1.29 is 23.9 Å². The van der Waals surface area contributed by atoms with Gasteiger partial charge in [0.2, 0.25) is 5.91 Å². The zero-order valence-electron chi connectivity index (χ0n) is 19.9. The molecule has 2 aliphatic rings. The molecular formula is C26H24N4O5S. The molecule has 0 bridgehead atoms. The Morgan fingerprint density at radius 1 is 1.19 bits per heavy atom. The first-order valence-corrected chi connectivity index (χ1v) is 11.9. The van der Waals surface area contributed by atoms with Gasteiger partial charge in [-0.25, -0.2) is 0 Å². The van der Waals surface area contributed by atoms with Crippen LogP contribution in [0.1, 0.15) is 23.5 Å². The van der Waals surface area contributed by atoms with Crippen LogP contribution in [0.4, 0.5) is 5.69 Å². The number of ether oxygens (including phenoxy) is 2. The Hall–Kier alpha value is -4.23. The molecule has 10 heteroatoms. The Bertz CT molecular complexity index is 1360. The lowest BCUT2D eigenvalue weighted by Crippen LogP contribution is -2.39. The minimum atomic E-state index is -0.863. The largest absolute Gasteiger partial charge is 0.497 e. The predicted octanol–water partition coefficient (Wildman–Crippen LogP) is 3.15. The summed E-state index contributed by atoms with van der Waals surface area (Å²) < 4.78 is 10.1. The van der Waals surface area contributed by atoms with E-state index in [-0.39, 0.29) is 28.4 Å². The van der Waals surface area contributed by atoms with Crippen molar-refractivity contribution >= 4 is 35.2 Å². The van der Waals surface area contributed by atoms with Crippen molar-refractivity contribution in [2.75, 3.05) is 19.5 Å². The standard InChI is InChI=1S/C26H24N4O5S/c1-14-6-4-8-16(10-14)29-24(32)22-21(15-7-5-9-17(11-15)34-2)18(13-27)23(28)30-25(33)19(36-26(22)30)12-20(31)35-3/h4-11,19,21H,12,28H2,1-3H3,(H,29,32). The van der Waals surface area contributed by atoms with Crippen LogP contribution >= 0.6 is 11.8 Å². The highest BCUT2D eigenvalue weighted by Crippen LogP contribution is 2.50. The Balaban J connectivity index is 1.89. The monoisotopic (exact) mass is 504 g/mol. The van der Waals surface area contributed by atoms with E-state index in [4.69, 9.17) is 15.2 Å². The average Bonchev–Trinajstić information content (AvgIpc) is 3.19. The molecule has 4 rings (SSSR count). The van der Waals surface area contributed by atoms with Crippen LogP contribution in [0, 0.1) is 18.3 Å². The Morgan fingerprint density at radius 2 is 1.94 bits per heavy atom. The number of rotatable bonds is 6. The van der Waals surface area contributed by atoms with Crippen LogP contribution in [0.25, 0.3) is 0 Å². The van der Waals surface area contributed by atoms with Gasteiger partial charge in [-0.1, -0.05) is 36.0 Å². The molecule has 0 saturated carbocycles. The van der Waals surface area contributed by atoms with E-state index >= 15 is 0 Å². The van der Waals surface area contributed by atoms with Gasteiger partial charge in [0.05, 0.1) is 48.8 Å². The first-order valence-electron chi connectivity index (χ1n) is 11.0. The number of aryl methyl sites for hydroxylation is 1. The van der Waals surface area contributed by atoms with Crippen molar-refractivity contribution in [2.45, 2.75) is 24.5 Å². The number of amides is 2. The fourth-order valence-corrected chi connectivity index (χ4v) is 5.55. The van der Waals surface area contributed by atoms with Crippen molar-refractivity contribution in [1.29, 1.82) is 5.26 Å². The van der Waals surface area contributed by atoms with E-state index in [2.05, 4.69) is 11.4 Å². The summed E-state index contributed by atoms with van der Waals surface area (Å²) in [6.07, 6.45) is -0.203. The third-order valence-electron chi connectivity index (χ3n) is 5.93. The van der Waals surface area contributed by atoms with Crippen molar-refractivity contribution in [3.05, 3.63) is 81.7 Å². The topological polar surface area (TPSA) is 135 Å². The third-order valence-corrected chi connectivity index (χ3v) is 7.20. The van der Waals surface area contributed by atoms with E-state index in [9.17, 15) is 19.6 Å². The van der Waals surface area contributed by atoms with Gasteiger partial charge >= 0.3 is 5.97 Å². The van der Waals surface area contributed by atoms with Gasteiger partial charge in [-0.2, -0.15) is 5.26 Å².